The molecule has 0 aromatic carbocycles. The molecule has 0 aromatic rings. The van der Waals surface area contributed by atoms with Crippen molar-refractivity contribution in [3.8, 4) is 0 Å². The van der Waals surface area contributed by atoms with Gasteiger partial charge in [-0.25, -0.2) is 0 Å². The van der Waals surface area contributed by atoms with Crippen molar-refractivity contribution < 1.29 is 1.43 Å². The van der Waals surface area contributed by atoms with Gasteiger partial charge >= 0.3 is 1.43 Å². The molecule has 0 bridgehead atoms. The number of hydrogen-bond donors (Lipinski definition) is 1. The van der Waals surface area contributed by atoms with Crippen molar-refractivity contribution in [2.45, 2.75) is 0 Å². The molecule has 1 heteroatoms. The molecule has 0 fully saturated rings. The zero-order valence-corrected chi connectivity index (χ0v) is 6.98. The fourth-order valence-electron chi connectivity index (χ4n) is 0.519. The molecule has 62 valence electrons. The topological polar surface area (TPSA) is 23.9 Å². The van der Waals surface area contributed by atoms with Gasteiger partial charge in [0.25, 0.3) is 0 Å². The van der Waals surface area contributed by atoms with E-state index in [0.29, 0.717) is 0 Å². The highest BCUT2D eigenvalue weighted by Gasteiger charge is 1.61. The van der Waals surface area contributed by atoms with E-state index in [-0.39, 0.29) is 1.43 Å². The molecule has 1 nitrogen and oxygen atoms in total. The van der Waals surface area contributed by atoms with Crippen molar-refractivity contribution in [1.29, 1.82) is 5.41 Å². The van der Waals surface area contributed by atoms with Crippen LogP contribution < -0.4 is 0 Å². The minimum Gasteiger partial charge on any atom is -0.309 e. The average Bonchev–Trinajstić information content (AvgIpc) is 2.10. The lowest BCUT2D eigenvalue weighted by molar-refractivity contribution is 1.58. The van der Waals surface area contributed by atoms with E-state index in [1.54, 1.807) is 18.2 Å². The fraction of sp³-hybridized carbons (Fsp3) is 0. The summed E-state index contributed by atoms with van der Waals surface area (Å²) in [5, 5.41) is 6.69. The standard InChI is InChI=1S/C11H13N/c1-2-3-4-5-6-7-8-9-10-11-12/h2-12H,1H2/p+1/b4-3+,6-5+,8-7+,10-9+,12-11?. The van der Waals surface area contributed by atoms with Crippen LogP contribution in [0, 0.1) is 5.41 Å². The zero-order chi connectivity index (χ0) is 9.07. The van der Waals surface area contributed by atoms with Gasteiger partial charge in [0.1, 0.15) is 0 Å². The van der Waals surface area contributed by atoms with E-state index in [1.165, 1.54) is 6.21 Å². The van der Waals surface area contributed by atoms with Gasteiger partial charge in [-0.2, -0.15) is 0 Å². The molecule has 0 amide bonds. The van der Waals surface area contributed by atoms with Gasteiger partial charge < -0.3 is 5.41 Å². The molecule has 0 saturated carbocycles. The Hall–Kier alpha value is -1.63. The van der Waals surface area contributed by atoms with Crippen LogP contribution in [-0.2, 0) is 0 Å². The van der Waals surface area contributed by atoms with Crippen LogP contribution in [0.2, 0.25) is 0 Å². The summed E-state index contributed by atoms with van der Waals surface area (Å²) in [7, 11) is 0. The van der Waals surface area contributed by atoms with Crippen molar-refractivity contribution in [1.82, 2.24) is 0 Å². The van der Waals surface area contributed by atoms with E-state index in [2.05, 4.69) is 6.58 Å². The number of nitrogens with one attached hydrogen (secondary N) is 1. The third-order valence-corrected chi connectivity index (χ3v) is 1.01. The molecule has 0 unspecified atom stereocenters. The Morgan fingerprint density at radius 2 is 1.17 bits per heavy atom. The minimum absolute atomic E-state index is 0. The lowest BCUT2D eigenvalue weighted by Crippen LogP contribution is -1.54. The summed E-state index contributed by atoms with van der Waals surface area (Å²) in [6.07, 6.45) is 17.8. The third-order valence-electron chi connectivity index (χ3n) is 1.01. The molecule has 0 spiro atoms. The van der Waals surface area contributed by atoms with Gasteiger partial charge in [0, 0.05) is 6.21 Å². The second-order valence-corrected chi connectivity index (χ2v) is 1.94. The first-order valence-electron chi connectivity index (χ1n) is 3.70. The van der Waals surface area contributed by atoms with E-state index in [9.17, 15) is 0 Å². The second kappa shape index (κ2) is 9.37. The first-order valence-corrected chi connectivity index (χ1v) is 3.70. The SMILES string of the molecule is C=C/C=C/C=C/C=C/C=C/C=N.[H+]. The van der Waals surface area contributed by atoms with Gasteiger partial charge in [-0.1, -0.05) is 55.2 Å². The van der Waals surface area contributed by atoms with Crippen LogP contribution in [-0.4, -0.2) is 6.21 Å². The molecule has 1 N–H and O–H groups in total. The molecule has 0 aliphatic rings. The van der Waals surface area contributed by atoms with Crippen LogP contribution >= 0.6 is 0 Å². The molecular formula is C11H14N+. The molecule has 0 aliphatic carbocycles. The van der Waals surface area contributed by atoms with Crippen molar-refractivity contribution in [2.24, 2.45) is 0 Å². The maximum Gasteiger partial charge on any atom is 1.00 e. The lowest BCUT2D eigenvalue weighted by atomic mass is 10.4. The summed E-state index contributed by atoms with van der Waals surface area (Å²) in [4.78, 5) is 0. The largest absolute Gasteiger partial charge is 1.00 e. The summed E-state index contributed by atoms with van der Waals surface area (Å²) in [5.74, 6) is 0. The molecule has 0 aliphatic heterocycles. The Morgan fingerprint density at radius 1 is 0.750 bits per heavy atom. The normalized spacial score (nSPS) is 12.3. The Kier molecular flexibility index (Phi) is 8.10. The highest BCUT2D eigenvalue weighted by Crippen LogP contribution is 1.81. The maximum absolute atomic E-state index is 6.69. The highest BCUT2D eigenvalue weighted by atomic mass is 14.3. The van der Waals surface area contributed by atoms with Crippen LogP contribution in [0.1, 0.15) is 1.43 Å². The minimum atomic E-state index is 0. The summed E-state index contributed by atoms with van der Waals surface area (Å²) < 4.78 is 0. The molecular weight excluding hydrogens is 146 g/mol. The van der Waals surface area contributed by atoms with Gasteiger partial charge in [-0.05, 0) is 6.08 Å². The number of rotatable bonds is 5. The molecule has 0 radical (unpaired) electrons. The third kappa shape index (κ3) is 8.37. The van der Waals surface area contributed by atoms with Crippen LogP contribution in [0.3, 0.4) is 0 Å². The van der Waals surface area contributed by atoms with E-state index >= 15 is 0 Å². The van der Waals surface area contributed by atoms with Crippen molar-refractivity contribution in [3.05, 3.63) is 61.3 Å². The van der Waals surface area contributed by atoms with Gasteiger partial charge in [-0.15, -0.1) is 0 Å². The second-order valence-electron chi connectivity index (χ2n) is 1.94. The van der Waals surface area contributed by atoms with E-state index in [4.69, 9.17) is 5.41 Å². The van der Waals surface area contributed by atoms with Crippen molar-refractivity contribution in [3.63, 3.8) is 0 Å². The van der Waals surface area contributed by atoms with E-state index in [1.807, 2.05) is 36.5 Å². The summed E-state index contributed by atoms with van der Waals surface area (Å²) in [6.45, 7) is 3.54. The quantitative estimate of drug-likeness (QED) is 0.472. The Morgan fingerprint density at radius 3 is 1.58 bits per heavy atom. The van der Waals surface area contributed by atoms with Crippen LogP contribution in [0.5, 0.6) is 0 Å². The maximum atomic E-state index is 6.69. The summed E-state index contributed by atoms with van der Waals surface area (Å²) >= 11 is 0. The number of hydrogen-bond acceptors (Lipinski definition) is 1. The first-order chi connectivity index (χ1) is 5.91. The Balaban J connectivity index is 0. The summed E-state index contributed by atoms with van der Waals surface area (Å²) in [5.41, 5.74) is 0. The summed E-state index contributed by atoms with van der Waals surface area (Å²) in [6, 6.07) is 0. The fourth-order valence-corrected chi connectivity index (χ4v) is 0.519. The molecule has 0 rings (SSSR count). The van der Waals surface area contributed by atoms with Crippen LogP contribution in [0.15, 0.2) is 61.3 Å². The lowest BCUT2D eigenvalue weighted by Gasteiger charge is -1.72. The van der Waals surface area contributed by atoms with Gasteiger partial charge in [-0.3, -0.25) is 0 Å². The van der Waals surface area contributed by atoms with Crippen LogP contribution in [0.25, 0.3) is 0 Å². The Labute approximate surface area is 75.1 Å². The average molecular weight is 160 g/mol. The molecule has 12 heavy (non-hydrogen) atoms. The predicted octanol–water partition coefficient (Wildman–Crippen LogP) is 3.16. The van der Waals surface area contributed by atoms with Crippen molar-refractivity contribution >= 4 is 6.21 Å². The molecule has 0 heterocycles. The van der Waals surface area contributed by atoms with Gasteiger partial charge in [0.2, 0.25) is 0 Å². The van der Waals surface area contributed by atoms with Gasteiger partial charge in [0.15, 0.2) is 0 Å². The molecule has 0 atom stereocenters. The zero-order valence-electron chi connectivity index (χ0n) is 7.98. The highest BCUT2D eigenvalue weighted by molar-refractivity contribution is 5.68. The van der Waals surface area contributed by atoms with E-state index in [0.717, 1.165) is 0 Å². The van der Waals surface area contributed by atoms with Crippen LogP contribution in [0.4, 0.5) is 0 Å². The predicted molar refractivity (Wildman–Crippen MR) is 56.7 cm³/mol. The molecule has 0 saturated heterocycles. The smallest absolute Gasteiger partial charge is 0.309 e. The monoisotopic (exact) mass is 160 g/mol. The molecule has 0 aromatic heterocycles. The van der Waals surface area contributed by atoms with E-state index < -0.39 is 0 Å². The first kappa shape index (κ1) is 10.4. The Bertz CT molecular complexity index is 208. The van der Waals surface area contributed by atoms with Crippen molar-refractivity contribution in [2.75, 3.05) is 0 Å². The number of allylic oxidation sites excluding steroid dienone is 9. The van der Waals surface area contributed by atoms with Gasteiger partial charge in [0.05, 0.1) is 0 Å².